The predicted octanol–water partition coefficient (Wildman–Crippen LogP) is 4.47. The third kappa shape index (κ3) is 4.40. The van der Waals surface area contributed by atoms with Crippen LogP contribution in [-0.2, 0) is 0 Å². The SMILES string of the molecule is CCC(Sc1ccc(N)cc1)Sc1ccc(N)cc1. The summed E-state index contributed by atoms with van der Waals surface area (Å²) in [4.78, 5) is 2.51. The van der Waals surface area contributed by atoms with Crippen molar-refractivity contribution in [3.8, 4) is 0 Å². The summed E-state index contributed by atoms with van der Waals surface area (Å²) in [6.07, 6.45) is 1.10. The van der Waals surface area contributed by atoms with Crippen LogP contribution in [0.5, 0.6) is 0 Å². The minimum atomic E-state index is 0.493. The first-order chi connectivity index (χ1) is 9.17. The largest absolute Gasteiger partial charge is 0.399 e. The van der Waals surface area contributed by atoms with Gasteiger partial charge in [0.2, 0.25) is 0 Å². The Morgan fingerprint density at radius 3 is 1.47 bits per heavy atom. The second-order valence-corrected chi connectivity index (χ2v) is 7.06. The second-order valence-electron chi connectivity index (χ2n) is 4.21. The normalized spacial score (nSPS) is 10.8. The van der Waals surface area contributed by atoms with Crippen LogP contribution in [0.2, 0.25) is 0 Å². The van der Waals surface area contributed by atoms with Crippen molar-refractivity contribution < 1.29 is 0 Å². The van der Waals surface area contributed by atoms with Gasteiger partial charge >= 0.3 is 0 Å². The Morgan fingerprint density at radius 2 is 1.16 bits per heavy atom. The smallest absolute Gasteiger partial charge is 0.0594 e. The van der Waals surface area contributed by atoms with E-state index in [1.54, 1.807) is 0 Å². The standard InChI is InChI=1S/C15H18N2S2/c1-2-15(18-13-7-3-11(16)4-8-13)19-14-9-5-12(17)6-10-14/h3-10,15H,2,16-17H2,1H3. The van der Waals surface area contributed by atoms with E-state index < -0.39 is 0 Å². The number of rotatable bonds is 5. The van der Waals surface area contributed by atoms with Crippen LogP contribution in [0.1, 0.15) is 13.3 Å². The Balaban J connectivity index is 2.00. The molecule has 19 heavy (non-hydrogen) atoms. The molecule has 0 saturated heterocycles. The lowest BCUT2D eigenvalue weighted by molar-refractivity contribution is 1.05. The zero-order chi connectivity index (χ0) is 13.7. The summed E-state index contributed by atoms with van der Waals surface area (Å²) >= 11 is 3.75. The molecular formula is C15H18N2S2. The predicted molar refractivity (Wildman–Crippen MR) is 87.5 cm³/mol. The van der Waals surface area contributed by atoms with Crippen LogP contribution >= 0.6 is 23.5 Å². The lowest BCUT2D eigenvalue weighted by Gasteiger charge is -2.14. The van der Waals surface area contributed by atoms with Crippen molar-refractivity contribution in [1.82, 2.24) is 0 Å². The zero-order valence-electron chi connectivity index (χ0n) is 10.9. The molecule has 0 aliphatic carbocycles. The molecule has 0 aromatic heterocycles. The average molecular weight is 290 g/mol. The lowest BCUT2D eigenvalue weighted by atomic mass is 10.3. The second kappa shape index (κ2) is 6.78. The Labute approximate surface area is 123 Å². The van der Waals surface area contributed by atoms with Gasteiger partial charge in [0.1, 0.15) is 0 Å². The number of anilines is 2. The highest BCUT2D eigenvalue weighted by molar-refractivity contribution is 8.17. The van der Waals surface area contributed by atoms with Crippen LogP contribution in [0.25, 0.3) is 0 Å². The van der Waals surface area contributed by atoms with Crippen molar-refractivity contribution in [3.05, 3.63) is 48.5 Å². The van der Waals surface area contributed by atoms with E-state index >= 15 is 0 Å². The summed E-state index contributed by atoms with van der Waals surface area (Å²) < 4.78 is 0.493. The van der Waals surface area contributed by atoms with Crippen molar-refractivity contribution in [3.63, 3.8) is 0 Å². The number of nitrogen functional groups attached to an aromatic ring is 2. The summed E-state index contributed by atoms with van der Waals surface area (Å²) in [5.74, 6) is 0. The van der Waals surface area contributed by atoms with Gasteiger partial charge in [0.15, 0.2) is 0 Å². The minimum absolute atomic E-state index is 0.493. The molecule has 2 rings (SSSR count). The third-order valence-electron chi connectivity index (χ3n) is 2.63. The molecule has 4 heteroatoms. The van der Waals surface area contributed by atoms with E-state index in [0.29, 0.717) is 4.58 Å². The molecule has 0 unspecified atom stereocenters. The van der Waals surface area contributed by atoms with Crippen molar-refractivity contribution >= 4 is 34.9 Å². The number of nitrogens with two attached hydrogens (primary N) is 2. The van der Waals surface area contributed by atoms with E-state index in [0.717, 1.165) is 17.8 Å². The van der Waals surface area contributed by atoms with Crippen molar-refractivity contribution in [1.29, 1.82) is 0 Å². The molecule has 0 bridgehead atoms. The Hall–Kier alpha value is -1.26. The van der Waals surface area contributed by atoms with E-state index in [1.807, 2.05) is 47.8 Å². The molecule has 0 atom stereocenters. The molecule has 4 N–H and O–H groups in total. The van der Waals surface area contributed by atoms with E-state index in [9.17, 15) is 0 Å². The summed E-state index contributed by atoms with van der Waals surface area (Å²) in [7, 11) is 0. The molecule has 0 saturated carbocycles. The van der Waals surface area contributed by atoms with Crippen LogP contribution < -0.4 is 11.5 Å². The fourth-order valence-electron chi connectivity index (χ4n) is 1.59. The highest BCUT2D eigenvalue weighted by atomic mass is 32.2. The van der Waals surface area contributed by atoms with Crippen LogP contribution in [0.3, 0.4) is 0 Å². The van der Waals surface area contributed by atoms with Crippen LogP contribution in [0, 0.1) is 0 Å². The number of hydrogen-bond donors (Lipinski definition) is 2. The Morgan fingerprint density at radius 1 is 0.789 bits per heavy atom. The first kappa shape index (κ1) is 14.2. The fraction of sp³-hybridized carbons (Fsp3) is 0.200. The summed E-state index contributed by atoms with van der Waals surface area (Å²) in [5, 5.41) is 0. The van der Waals surface area contributed by atoms with Gasteiger partial charge < -0.3 is 11.5 Å². The minimum Gasteiger partial charge on any atom is -0.399 e. The first-order valence-corrected chi connectivity index (χ1v) is 7.97. The topological polar surface area (TPSA) is 52.0 Å². The maximum Gasteiger partial charge on any atom is 0.0594 e. The average Bonchev–Trinajstić information content (AvgIpc) is 2.43. The zero-order valence-corrected chi connectivity index (χ0v) is 12.5. The monoisotopic (exact) mass is 290 g/mol. The third-order valence-corrected chi connectivity index (χ3v) is 5.49. The van der Waals surface area contributed by atoms with E-state index in [2.05, 4.69) is 31.2 Å². The number of benzene rings is 2. The van der Waals surface area contributed by atoms with Gasteiger partial charge in [-0.15, -0.1) is 23.5 Å². The molecule has 0 fully saturated rings. The van der Waals surface area contributed by atoms with E-state index in [4.69, 9.17) is 11.5 Å². The maximum atomic E-state index is 5.70. The van der Waals surface area contributed by atoms with Gasteiger partial charge in [-0.05, 0) is 55.0 Å². The lowest BCUT2D eigenvalue weighted by Crippen LogP contribution is -1.94. The molecule has 2 nitrogen and oxygen atoms in total. The van der Waals surface area contributed by atoms with Crippen LogP contribution in [0.15, 0.2) is 58.3 Å². The summed E-state index contributed by atoms with van der Waals surface area (Å²) in [5.41, 5.74) is 13.0. The van der Waals surface area contributed by atoms with Gasteiger partial charge in [-0.2, -0.15) is 0 Å². The molecule has 2 aromatic rings. The molecule has 0 spiro atoms. The molecule has 2 aromatic carbocycles. The van der Waals surface area contributed by atoms with E-state index in [-0.39, 0.29) is 0 Å². The van der Waals surface area contributed by atoms with Gasteiger partial charge in [0, 0.05) is 21.2 Å². The molecule has 0 radical (unpaired) electrons. The van der Waals surface area contributed by atoms with Gasteiger partial charge in [-0.1, -0.05) is 6.92 Å². The van der Waals surface area contributed by atoms with Crippen LogP contribution in [0.4, 0.5) is 11.4 Å². The Bertz CT molecular complexity index is 461. The molecule has 0 amide bonds. The van der Waals surface area contributed by atoms with Gasteiger partial charge in [-0.3, -0.25) is 0 Å². The number of hydrogen-bond acceptors (Lipinski definition) is 4. The first-order valence-electron chi connectivity index (χ1n) is 6.22. The number of thioether (sulfide) groups is 2. The van der Waals surface area contributed by atoms with Gasteiger partial charge in [0.05, 0.1) is 4.58 Å². The van der Waals surface area contributed by atoms with Crippen LogP contribution in [-0.4, -0.2) is 4.58 Å². The van der Waals surface area contributed by atoms with Crippen molar-refractivity contribution in [2.24, 2.45) is 0 Å². The molecule has 0 heterocycles. The Kier molecular flexibility index (Phi) is 5.05. The molecular weight excluding hydrogens is 272 g/mol. The van der Waals surface area contributed by atoms with Gasteiger partial charge in [-0.25, -0.2) is 0 Å². The summed E-state index contributed by atoms with van der Waals surface area (Å²) in [6, 6.07) is 16.1. The molecule has 0 aliphatic heterocycles. The maximum absolute atomic E-state index is 5.70. The van der Waals surface area contributed by atoms with E-state index in [1.165, 1.54) is 9.79 Å². The fourth-order valence-corrected chi connectivity index (χ4v) is 3.97. The van der Waals surface area contributed by atoms with Crippen molar-refractivity contribution in [2.45, 2.75) is 27.7 Å². The summed E-state index contributed by atoms with van der Waals surface area (Å²) in [6.45, 7) is 2.21. The molecule has 0 aliphatic rings. The molecule has 100 valence electrons. The highest BCUT2D eigenvalue weighted by Gasteiger charge is 2.10. The van der Waals surface area contributed by atoms with Crippen molar-refractivity contribution in [2.75, 3.05) is 11.5 Å². The quantitative estimate of drug-likeness (QED) is 0.484. The van der Waals surface area contributed by atoms with Gasteiger partial charge in [0.25, 0.3) is 0 Å². The highest BCUT2D eigenvalue weighted by Crippen LogP contribution is 2.37.